The second-order valence-electron chi connectivity index (χ2n) is 10.7. The number of likely N-dealkylation sites (tertiary alicyclic amines) is 1. The van der Waals surface area contributed by atoms with Gasteiger partial charge in [-0.1, -0.05) is 12.1 Å². The van der Waals surface area contributed by atoms with Gasteiger partial charge in [-0.3, -0.25) is 9.78 Å². The van der Waals surface area contributed by atoms with Crippen molar-refractivity contribution in [2.45, 2.75) is 57.5 Å². The number of carboxylic acid groups (broad SMARTS) is 1. The first-order valence-electron chi connectivity index (χ1n) is 14.1. The summed E-state index contributed by atoms with van der Waals surface area (Å²) >= 11 is 0. The molecule has 4 rings (SSSR count). The van der Waals surface area contributed by atoms with Crippen LogP contribution in [0.15, 0.2) is 54.7 Å². The van der Waals surface area contributed by atoms with E-state index in [1.807, 2.05) is 30.3 Å². The fourth-order valence-corrected chi connectivity index (χ4v) is 5.89. The predicted molar refractivity (Wildman–Crippen MR) is 152 cm³/mol. The highest BCUT2D eigenvalue weighted by Gasteiger charge is 2.30. The fourth-order valence-electron chi connectivity index (χ4n) is 5.89. The highest BCUT2D eigenvalue weighted by atomic mass is 19.1. The number of aryl methyl sites for hydroxylation is 1. The molecule has 6 nitrogen and oxygen atoms in total. The molecule has 2 aromatic carbocycles. The van der Waals surface area contributed by atoms with Gasteiger partial charge in [0, 0.05) is 24.5 Å². The molecule has 1 aromatic heterocycles. The van der Waals surface area contributed by atoms with Crippen LogP contribution in [0.4, 0.5) is 4.39 Å². The van der Waals surface area contributed by atoms with Crippen molar-refractivity contribution < 1.29 is 23.8 Å². The number of aromatic nitrogens is 1. The molecule has 210 valence electrons. The lowest BCUT2D eigenvalue weighted by atomic mass is 9.79. The molecule has 1 aliphatic rings. The molecule has 2 heterocycles. The largest absolute Gasteiger partial charge is 0.497 e. The first-order chi connectivity index (χ1) is 19.0. The molecule has 3 aromatic rings. The van der Waals surface area contributed by atoms with Crippen molar-refractivity contribution in [3.05, 3.63) is 65.9 Å². The van der Waals surface area contributed by atoms with Crippen LogP contribution in [0.5, 0.6) is 11.5 Å². The maximum atomic E-state index is 15.6. The topological polar surface area (TPSA) is 71.9 Å². The average Bonchev–Trinajstić information content (AvgIpc) is 2.97. The maximum absolute atomic E-state index is 15.6. The van der Waals surface area contributed by atoms with Crippen molar-refractivity contribution in [2.75, 3.05) is 33.9 Å². The lowest BCUT2D eigenvalue weighted by Gasteiger charge is -2.39. The Hall–Kier alpha value is -3.19. The van der Waals surface area contributed by atoms with Crippen LogP contribution in [0.3, 0.4) is 0 Å². The SMILES string of the molecule is COc1ccc(CCCCN2CCC(CC[C@H](F)c3ccnc4ccc(OC)cc34)C(CCC(=O)O)C2)cc1. The van der Waals surface area contributed by atoms with Crippen molar-refractivity contribution in [2.24, 2.45) is 11.8 Å². The molecule has 1 fully saturated rings. The van der Waals surface area contributed by atoms with Crippen molar-refractivity contribution in [1.82, 2.24) is 9.88 Å². The monoisotopic (exact) mass is 536 g/mol. The molecule has 3 atom stereocenters. The number of ether oxygens (including phenoxy) is 2. The molecule has 0 spiro atoms. The third-order valence-electron chi connectivity index (χ3n) is 8.16. The van der Waals surface area contributed by atoms with E-state index in [0.717, 1.165) is 68.4 Å². The molecule has 1 N–H and O–H groups in total. The van der Waals surface area contributed by atoms with E-state index in [4.69, 9.17) is 9.47 Å². The highest BCUT2D eigenvalue weighted by Crippen LogP contribution is 2.36. The molecular formula is C32H41FN2O4. The minimum Gasteiger partial charge on any atom is -0.497 e. The molecule has 0 saturated carbocycles. The Morgan fingerprint density at radius 1 is 1.05 bits per heavy atom. The standard InChI is InChI=1S/C32H41FN2O4/c1-38-26-10-6-23(7-11-26)5-3-4-19-35-20-17-24(25(22-35)9-15-32(36)37)8-13-30(33)28-16-18-34-31-14-12-27(39-2)21-29(28)31/h6-7,10-12,14,16,18,21,24-25,30H,3-5,8-9,13,15,17,19-20,22H2,1-2H3,(H,36,37)/t24?,25?,30-/m0/s1. The molecule has 1 saturated heterocycles. The predicted octanol–water partition coefficient (Wildman–Crippen LogP) is 6.87. The Bertz CT molecular complexity index is 1200. The van der Waals surface area contributed by atoms with Crippen LogP contribution in [0.25, 0.3) is 10.9 Å². The first kappa shape index (κ1) is 28.8. The first-order valence-corrected chi connectivity index (χ1v) is 14.1. The van der Waals surface area contributed by atoms with E-state index < -0.39 is 12.1 Å². The third-order valence-corrected chi connectivity index (χ3v) is 8.16. The van der Waals surface area contributed by atoms with E-state index in [1.165, 1.54) is 5.56 Å². The van der Waals surface area contributed by atoms with E-state index in [2.05, 4.69) is 22.0 Å². The molecule has 0 radical (unpaired) electrons. The fraction of sp³-hybridized carbons (Fsp3) is 0.500. The minimum absolute atomic E-state index is 0.167. The second kappa shape index (κ2) is 14.3. The Kier molecular flexibility index (Phi) is 10.5. The van der Waals surface area contributed by atoms with Crippen molar-refractivity contribution >= 4 is 16.9 Å². The quantitative estimate of drug-likeness (QED) is 0.227. The molecule has 7 heteroatoms. The Morgan fingerprint density at radius 2 is 1.82 bits per heavy atom. The number of hydrogen-bond donors (Lipinski definition) is 1. The number of nitrogens with zero attached hydrogens (tertiary/aromatic N) is 2. The van der Waals surface area contributed by atoms with Crippen molar-refractivity contribution in [3.63, 3.8) is 0 Å². The zero-order chi connectivity index (χ0) is 27.6. The van der Waals surface area contributed by atoms with Gasteiger partial charge in [0.05, 0.1) is 19.7 Å². The van der Waals surface area contributed by atoms with Gasteiger partial charge in [-0.15, -0.1) is 0 Å². The van der Waals surface area contributed by atoms with E-state index in [-0.39, 0.29) is 12.3 Å². The summed E-state index contributed by atoms with van der Waals surface area (Å²) in [6.45, 7) is 2.90. The van der Waals surface area contributed by atoms with Crippen LogP contribution in [-0.2, 0) is 11.2 Å². The number of piperidine rings is 1. The van der Waals surface area contributed by atoms with E-state index in [0.29, 0.717) is 30.1 Å². The maximum Gasteiger partial charge on any atom is 0.303 e. The van der Waals surface area contributed by atoms with E-state index in [1.54, 1.807) is 26.5 Å². The second-order valence-corrected chi connectivity index (χ2v) is 10.7. The summed E-state index contributed by atoms with van der Waals surface area (Å²) in [5.74, 6) is 1.42. The summed E-state index contributed by atoms with van der Waals surface area (Å²) in [6.07, 6.45) is 6.80. The van der Waals surface area contributed by atoms with Gasteiger partial charge in [0.2, 0.25) is 0 Å². The summed E-state index contributed by atoms with van der Waals surface area (Å²) in [5, 5.41) is 10.1. The number of fused-ring (bicyclic) bond motifs is 1. The van der Waals surface area contributed by atoms with Crippen LogP contribution < -0.4 is 9.47 Å². The molecular weight excluding hydrogens is 495 g/mol. The molecule has 0 amide bonds. The van der Waals surface area contributed by atoms with Crippen molar-refractivity contribution in [3.8, 4) is 11.5 Å². The lowest BCUT2D eigenvalue weighted by Crippen LogP contribution is -2.41. The van der Waals surface area contributed by atoms with Crippen LogP contribution in [0, 0.1) is 11.8 Å². The van der Waals surface area contributed by atoms with Crippen LogP contribution >= 0.6 is 0 Å². The number of hydrogen-bond acceptors (Lipinski definition) is 5. The highest BCUT2D eigenvalue weighted by molar-refractivity contribution is 5.83. The van der Waals surface area contributed by atoms with Gasteiger partial charge in [0.1, 0.15) is 17.7 Å². The Labute approximate surface area is 231 Å². The third kappa shape index (κ3) is 8.15. The number of rotatable bonds is 14. The molecule has 2 unspecified atom stereocenters. The lowest BCUT2D eigenvalue weighted by molar-refractivity contribution is -0.137. The van der Waals surface area contributed by atoms with E-state index >= 15 is 4.39 Å². The van der Waals surface area contributed by atoms with Gasteiger partial charge in [0.25, 0.3) is 0 Å². The number of carboxylic acids is 1. The molecule has 1 aliphatic heterocycles. The van der Waals surface area contributed by atoms with Gasteiger partial charge >= 0.3 is 5.97 Å². The van der Waals surface area contributed by atoms with Gasteiger partial charge in [-0.2, -0.15) is 0 Å². The summed E-state index contributed by atoms with van der Waals surface area (Å²) in [5.41, 5.74) is 2.72. The van der Waals surface area contributed by atoms with Crippen LogP contribution in [-0.4, -0.2) is 54.8 Å². The van der Waals surface area contributed by atoms with Gasteiger partial charge in [-0.25, -0.2) is 4.39 Å². The number of aliphatic carboxylic acids is 1. The Balaban J connectivity index is 1.30. The van der Waals surface area contributed by atoms with Gasteiger partial charge in [-0.05, 0) is 117 Å². The molecule has 0 bridgehead atoms. The number of halogens is 1. The average molecular weight is 537 g/mol. The number of carbonyl (C=O) groups is 1. The number of benzene rings is 2. The smallest absolute Gasteiger partial charge is 0.303 e. The van der Waals surface area contributed by atoms with E-state index in [9.17, 15) is 9.90 Å². The summed E-state index contributed by atoms with van der Waals surface area (Å²) in [4.78, 5) is 18.2. The molecule has 0 aliphatic carbocycles. The summed E-state index contributed by atoms with van der Waals surface area (Å²) in [7, 11) is 3.28. The van der Waals surface area contributed by atoms with Crippen molar-refractivity contribution in [1.29, 1.82) is 0 Å². The summed E-state index contributed by atoms with van der Waals surface area (Å²) in [6, 6.07) is 15.6. The minimum atomic E-state index is -1.10. The van der Waals surface area contributed by atoms with Crippen LogP contribution in [0.1, 0.15) is 62.2 Å². The zero-order valence-corrected chi connectivity index (χ0v) is 23.2. The normalized spacial score (nSPS) is 18.6. The number of methoxy groups -OCH3 is 2. The van der Waals surface area contributed by atoms with Gasteiger partial charge in [0.15, 0.2) is 0 Å². The summed E-state index contributed by atoms with van der Waals surface area (Å²) < 4.78 is 26.2. The van der Waals surface area contributed by atoms with Crippen LogP contribution in [0.2, 0.25) is 0 Å². The Morgan fingerprint density at radius 3 is 2.56 bits per heavy atom. The molecule has 39 heavy (non-hydrogen) atoms. The number of unbranched alkanes of at least 4 members (excludes halogenated alkanes) is 1. The zero-order valence-electron chi connectivity index (χ0n) is 23.2. The van der Waals surface area contributed by atoms with Gasteiger partial charge < -0.3 is 19.5 Å². The number of pyridine rings is 1. The number of alkyl halides is 1.